The molecule has 0 fully saturated rings. The van der Waals surface area contributed by atoms with Gasteiger partial charge in [-0.3, -0.25) is 0 Å². The zero-order chi connectivity index (χ0) is 55.5. The highest BCUT2D eigenvalue weighted by Gasteiger charge is 2.48. The maximum absolute atomic E-state index is 4.25. The molecule has 0 bridgehead atoms. The molecule has 0 unspecified atom stereocenters. The molecular formula is C81H58N2. The zero-order valence-corrected chi connectivity index (χ0v) is 46.2. The van der Waals surface area contributed by atoms with Crippen LogP contribution in [0, 0.1) is 0 Å². The molecule has 0 spiro atoms. The standard InChI is InChI=1S/C81H58N2/c1-3-24-71-72-50-45-59(53-79(72)83(78(71)4-2)64-33-18-9-19-34-64)58-41-39-56(40-42-58)57-43-46-65(47-44-57)82(66-49-52-76-73(54-66)69-36-21-23-38-75(69)80(76,60-25-10-5-11-26-60)61-27-12-6-13-28-61)67-48-51-70-68-35-20-22-37-74(68)81(77(70)55-67,62-29-14-7-15-30-62)63-31-16-8-17-32-63/h3-55H,2H2,1H3/b24-3-. The highest BCUT2D eigenvalue weighted by molar-refractivity contribution is 5.98. The number of benzene rings is 12. The van der Waals surface area contributed by atoms with Crippen LogP contribution in [0.1, 0.15) is 62.7 Å². The zero-order valence-electron chi connectivity index (χ0n) is 46.2. The maximum Gasteiger partial charge on any atom is 0.0714 e. The summed E-state index contributed by atoms with van der Waals surface area (Å²) < 4.78 is 2.33. The van der Waals surface area contributed by atoms with Gasteiger partial charge in [0.2, 0.25) is 0 Å². The van der Waals surface area contributed by atoms with Crippen LogP contribution in [0.15, 0.2) is 316 Å². The van der Waals surface area contributed by atoms with Crippen LogP contribution < -0.4 is 4.90 Å². The fourth-order valence-electron chi connectivity index (χ4n) is 14.2. The van der Waals surface area contributed by atoms with Crippen molar-refractivity contribution in [2.24, 2.45) is 0 Å². The van der Waals surface area contributed by atoms with Crippen molar-refractivity contribution in [1.82, 2.24) is 4.57 Å². The summed E-state index contributed by atoms with van der Waals surface area (Å²) >= 11 is 0. The van der Waals surface area contributed by atoms with E-state index in [4.69, 9.17) is 0 Å². The Hall–Kier alpha value is -10.5. The summed E-state index contributed by atoms with van der Waals surface area (Å²) in [6.07, 6.45) is 6.27. The van der Waals surface area contributed by atoms with Gasteiger partial charge < -0.3 is 9.47 Å². The second-order valence-corrected chi connectivity index (χ2v) is 21.9. The molecule has 2 aliphatic carbocycles. The van der Waals surface area contributed by atoms with Crippen molar-refractivity contribution in [3.63, 3.8) is 0 Å². The average Bonchev–Trinajstić information content (AvgIpc) is 2.01. The van der Waals surface area contributed by atoms with E-state index in [2.05, 4.69) is 338 Å². The van der Waals surface area contributed by atoms with Gasteiger partial charge in [0.05, 0.1) is 22.0 Å². The molecule has 83 heavy (non-hydrogen) atoms. The number of fused-ring (bicyclic) bond motifs is 7. The fourth-order valence-corrected chi connectivity index (χ4v) is 14.2. The molecule has 15 rings (SSSR count). The van der Waals surface area contributed by atoms with Crippen molar-refractivity contribution in [3.8, 4) is 50.2 Å². The molecule has 0 saturated carbocycles. The molecule has 2 nitrogen and oxygen atoms in total. The van der Waals surface area contributed by atoms with Crippen molar-refractivity contribution in [1.29, 1.82) is 0 Å². The molecule has 1 heterocycles. The summed E-state index contributed by atoms with van der Waals surface area (Å²) in [7, 11) is 0. The van der Waals surface area contributed by atoms with Crippen LogP contribution in [-0.4, -0.2) is 4.57 Å². The summed E-state index contributed by atoms with van der Waals surface area (Å²) in [4.78, 5) is 2.48. The van der Waals surface area contributed by atoms with Crippen LogP contribution in [0.4, 0.5) is 17.1 Å². The highest BCUT2D eigenvalue weighted by atomic mass is 15.1. The van der Waals surface area contributed by atoms with E-state index in [0.717, 1.165) is 56.2 Å². The van der Waals surface area contributed by atoms with Gasteiger partial charge in [0.25, 0.3) is 0 Å². The van der Waals surface area contributed by atoms with Gasteiger partial charge in [-0.15, -0.1) is 0 Å². The Morgan fingerprint density at radius 3 is 1.30 bits per heavy atom. The number of rotatable bonds is 12. The van der Waals surface area contributed by atoms with Crippen LogP contribution in [0.3, 0.4) is 0 Å². The number of para-hydroxylation sites is 1. The Bertz CT molecular complexity index is 4510. The summed E-state index contributed by atoms with van der Waals surface area (Å²) in [5.41, 5.74) is 26.4. The summed E-state index contributed by atoms with van der Waals surface area (Å²) in [6, 6.07) is 112. The third kappa shape index (κ3) is 7.71. The SMILES string of the molecule is C=Cc1c(/C=C\C)c2ccc(-c3ccc(-c4ccc(N(c5ccc6c(c5)-c5ccccc5C6(c5ccccc5)c5ccccc5)c5ccc6c(c5)C(c5ccccc5)(c5ccccc5)c5ccccc5-6)cc4)cc3)cc2n1-c1ccccc1. The molecule has 0 N–H and O–H groups in total. The van der Waals surface area contributed by atoms with Crippen molar-refractivity contribution < 1.29 is 0 Å². The lowest BCUT2D eigenvalue weighted by molar-refractivity contribution is 0.768. The number of allylic oxidation sites excluding steroid dienone is 1. The van der Waals surface area contributed by atoms with Crippen LogP contribution >= 0.6 is 0 Å². The minimum atomic E-state index is -0.560. The first-order valence-electron chi connectivity index (χ1n) is 28.8. The van der Waals surface area contributed by atoms with E-state index in [0.29, 0.717) is 0 Å². The molecular weight excluding hydrogens is 1000 g/mol. The van der Waals surface area contributed by atoms with Gasteiger partial charge in [0.15, 0.2) is 0 Å². The predicted molar refractivity (Wildman–Crippen MR) is 348 cm³/mol. The number of anilines is 3. The molecule has 1 aromatic heterocycles. The quantitative estimate of drug-likeness (QED) is 0.118. The summed E-state index contributed by atoms with van der Waals surface area (Å²) in [6.45, 7) is 6.32. The van der Waals surface area contributed by atoms with Gasteiger partial charge in [-0.25, -0.2) is 0 Å². The van der Waals surface area contributed by atoms with Crippen LogP contribution in [-0.2, 0) is 10.8 Å². The van der Waals surface area contributed by atoms with Crippen molar-refractivity contribution in [3.05, 3.63) is 372 Å². The third-order valence-corrected chi connectivity index (χ3v) is 17.7. The number of aromatic nitrogens is 1. The largest absolute Gasteiger partial charge is 0.310 e. The average molecular weight is 1060 g/mol. The smallest absolute Gasteiger partial charge is 0.0714 e. The Morgan fingerprint density at radius 2 is 0.759 bits per heavy atom. The molecule has 12 aromatic carbocycles. The van der Waals surface area contributed by atoms with E-state index in [-0.39, 0.29) is 0 Å². The third-order valence-electron chi connectivity index (χ3n) is 17.7. The van der Waals surface area contributed by atoms with Gasteiger partial charge in [-0.05, 0) is 157 Å². The van der Waals surface area contributed by atoms with Crippen molar-refractivity contribution in [2.75, 3.05) is 4.90 Å². The van der Waals surface area contributed by atoms with E-state index in [1.54, 1.807) is 0 Å². The van der Waals surface area contributed by atoms with Gasteiger partial charge in [0.1, 0.15) is 0 Å². The second kappa shape index (κ2) is 20.2. The van der Waals surface area contributed by atoms with E-state index >= 15 is 0 Å². The normalized spacial score (nSPS) is 13.3. The van der Waals surface area contributed by atoms with Gasteiger partial charge in [-0.1, -0.05) is 267 Å². The van der Waals surface area contributed by atoms with Crippen LogP contribution in [0.25, 0.3) is 73.2 Å². The maximum atomic E-state index is 4.25. The predicted octanol–water partition coefficient (Wildman–Crippen LogP) is 20.8. The molecule has 0 amide bonds. The van der Waals surface area contributed by atoms with Crippen LogP contribution in [0.5, 0.6) is 0 Å². The first kappa shape index (κ1) is 49.5. The molecule has 13 aromatic rings. The van der Waals surface area contributed by atoms with E-state index < -0.39 is 10.8 Å². The van der Waals surface area contributed by atoms with E-state index in [9.17, 15) is 0 Å². The molecule has 0 saturated heterocycles. The minimum Gasteiger partial charge on any atom is -0.310 e. The van der Waals surface area contributed by atoms with Crippen molar-refractivity contribution in [2.45, 2.75) is 17.8 Å². The highest BCUT2D eigenvalue weighted by Crippen LogP contribution is 2.59. The Kier molecular flexibility index (Phi) is 12.1. The number of hydrogen-bond donors (Lipinski definition) is 0. The second-order valence-electron chi connectivity index (χ2n) is 21.9. The monoisotopic (exact) mass is 1060 g/mol. The first-order valence-corrected chi connectivity index (χ1v) is 28.8. The molecule has 392 valence electrons. The molecule has 0 radical (unpaired) electrons. The van der Waals surface area contributed by atoms with E-state index in [1.807, 2.05) is 6.08 Å². The number of nitrogens with zero attached hydrogens (tertiary/aromatic N) is 2. The van der Waals surface area contributed by atoms with Crippen molar-refractivity contribution >= 4 is 40.1 Å². The Morgan fingerprint density at radius 1 is 0.349 bits per heavy atom. The Balaban J connectivity index is 0.881. The van der Waals surface area contributed by atoms with Gasteiger partial charge >= 0.3 is 0 Å². The lowest BCUT2D eigenvalue weighted by Gasteiger charge is -2.35. The lowest BCUT2D eigenvalue weighted by atomic mass is 9.67. The van der Waals surface area contributed by atoms with Gasteiger partial charge in [-0.2, -0.15) is 0 Å². The number of hydrogen-bond acceptors (Lipinski definition) is 1. The molecule has 0 atom stereocenters. The topological polar surface area (TPSA) is 8.17 Å². The summed E-state index contributed by atoms with van der Waals surface area (Å²) in [5, 5.41) is 1.20. The van der Waals surface area contributed by atoms with Gasteiger partial charge in [0, 0.05) is 33.7 Å². The summed E-state index contributed by atoms with van der Waals surface area (Å²) in [5.74, 6) is 0. The molecule has 2 heteroatoms. The molecule has 0 aliphatic heterocycles. The van der Waals surface area contributed by atoms with Crippen LogP contribution in [0.2, 0.25) is 0 Å². The Labute approximate surface area is 486 Å². The molecule has 2 aliphatic rings. The fraction of sp³-hybridized carbons (Fsp3) is 0.0370. The van der Waals surface area contributed by atoms with E-state index in [1.165, 1.54) is 77.7 Å². The minimum absolute atomic E-state index is 0.510. The lowest BCUT2D eigenvalue weighted by Crippen LogP contribution is -2.28. The first-order chi connectivity index (χ1) is 41.1.